The number of hydrogen-bond acceptors (Lipinski definition) is 4. The molecule has 17 heavy (non-hydrogen) atoms. The molecular formula is C9H20N4O3S. The predicted octanol–water partition coefficient (Wildman–Crippen LogP) is -1.86. The van der Waals surface area contributed by atoms with E-state index in [1.807, 2.05) is 11.9 Å². The van der Waals surface area contributed by atoms with Gasteiger partial charge in [-0.05, 0) is 7.05 Å². The van der Waals surface area contributed by atoms with Crippen LogP contribution >= 0.6 is 0 Å². The Balaban J connectivity index is 2.91. The van der Waals surface area contributed by atoms with Crippen LogP contribution in [0.25, 0.3) is 0 Å². The van der Waals surface area contributed by atoms with Gasteiger partial charge in [0.25, 0.3) is 10.2 Å². The first-order chi connectivity index (χ1) is 7.75. The van der Waals surface area contributed by atoms with Crippen LogP contribution < -0.4 is 5.73 Å². The molecule has 100 valence electrons. The highest BCUT2D eigenvalue weighted by atomic mass is 32.2. The van der Waals surface area contributed by atoms with Crippen LogP contribution in [0.3, 0.4) is 0 Å². The molecular weight excluding hydrogens is 244 g/mol. The minimum atomic E-state index is -3.48. The zero-order valence-corrected chi connectivity index (χ0v) is 11.3. The van der Waals surface area contributed by atoms with Gasteiger partial charge in [0, 0.05) is 40.3 Å². The number of likely N-dealkylation sites (N-methyl/N-ethyl adjacent to an activating group) is 1. The van der Waals surface area contributed by atoms with Crippen LogP contribution in [0.2, 0.25) is 0 Å². The van der Waals surface area contributed by atoms with E-state index in [-0.39, 0.29) is 6.54 Å². The van der Waals surface area contributed by atoms with Gasteiger partial charge in [0.1, 0.15) is 0 Å². The second-order valence-corrected chi connectivity index (χ2v) is 6.65. The second kappa shape index (κ2) is 5.30. The Kier molecular flexibility index (Phi) is 4.48. The zero-order valence-electron chi connectivity index (χ0n) is 10.5. The van der Waals surface area contributed by atoms with Gasteiger partial charge in [-0.3, -0.25) is 4.79 Å². The fourth-order valence-corrected chi connectivity index (χ4v) is 2.91. The van der Waals surface area contributed by atoms with E-state index >= 15 is 0 Å². The summed E-state index contributed by atoms with van der Waals surface area (Å²) < 4.78 is 26.4. The Morgan fingerprint density at radius 2 is 1.88 bits per heavy atom. The largest absolute Gasteiger partial charge is 0.369 e. The van der Waals surface area contributed by atoms with Gasteiger partial charge in [-0.25, -0.2) is 0 Å². The molecule has 0 aliphatic carbocycles. The maximum absolute atomic E-state index is 12.0. The smallest absolute Gasteiger partial charge is 0.281 e. The minimum Gasteiger partial charge on any atom is -0.369 e. The van der Waals surface area contributed by atoms with Crippen molar-refractivity contribution in [3.05, 3.63) is 0 Å². The summed E-state index contributed by atoms with van der Waals surface area (Å²) >= 11 is 0. The van der Waals surface area contributed by atoms with Crippen molar-refractivity contribution in [3.8, 4) is 0 Å². The Labute approximate surface area is 102 Å². The number of carbonyl (C=O) groups is 1. The molecule has 0 saturated carbocycles. The predicted molar refractivity (Wildman–Crippen MR) is 64.4 cm³/mol. The molecule has 1 heterocycles. The molecule has 1 saturated heterocycles. The Hall–Kier alpha value is -0.700. The van der Waals surface area contributed by atoms with Gasteiger partial charge in [0.2, 0.25) is 5.91 Å². The quantitative estimate of drug-likeness (QED) is 0.648. The molecule has 1 atom stereocenters. The molecule has 1 amide bonds. The molecule has 0 aromatic carbocycles. The summed E-state index contributed by atoms with van der Waals surface area (Å²) in [7, 11) is 1.32. The molecule has 0 unspecified atom stereocenters. The van der Waals surface area contributed by atoms with Gasteiger partial charge in [-0.15, -0.1) is 0 Å². The number of carbonyl (C=O) groups excluding carboxylic acids is 1. The van der Waals surface area contributed by atoms with Crippen LogP contribution in [0.1, 0.15) is 0 Å². The van der Waals surface area contributed by atoms with Gasteiger partial charge >= 0.3 is 0 Å². The molecule has 0 bridgehead atoms. The third-order valence-corrected chi connectivity index (χ3v) is 4.78. The highest BCUT2D eigenvalue weighted by Crippen LogP contribution is 2.13. The van der Waals surface area contributed by atoms with Crippen LogP contribution in [-0.4, -0.2) is 75.2 Å². The van der Waals surface area contributed by atoms with Gasteiger partial charge in [-0.2, -0.15) is 17.0 Å². The van der Waals surface area contributed by atoms with E-state index in [9.17, 15) is 13.2 Å². The first-order valence-corrected chi connectivity index (χ1v) is 6.80. The van der Waals surface area contributed by atoms with E-state index in [0.717, 1.165) is 4.31 Å². The topological polar surface area (TPSA) is 87.0 Å². The summed E-state index contributed by atoms with van der Waals surface area (Å²) in [6, 6.07) is 0. The average molecular weight is 264 g/mol. The van der Waals surface area contributed by atoms with E-state index in [1.54, 1.807) is 0 Å². The number of nitrogens with two attached hydrogens (primary N) is 1. The van der Waals surface area contributed by atoms with Crippen molar-refractivity contribution in [3.63, 3.8) is 0 Å². The molecule has 0 radical (unpaired) electrons. The zero-order chi connectivity index (χ0) is 13.2. The Morgan fingerprint density at radius 3 is 2.35 bits per heavy atom. The molecule has 1 fully saturated rings. The first-order valence-electron chi connectivity index (χ1n) is 5.40. The summed E-state index contributed by atoms with van der Waals surface area (Å²) in [6.07, 6.45) is 0. The highest BCUT2D eigenvalue weighted by molar-refractivity contribution is 7.86. The number of rotatable bonds is 3. The number of nitrogens with zero attached hydrogens (tertiary/aromatic N) is 3. The molecule has 1 aliphatic rings. The van der Waals surface area contributed by atoms with Crippen LogP contribution in [0.15, 0.2) is 0 Å². The van der Waals surface area contributed by atoms with Gasteiger partial charge < -0.3 is 10.6 Å². The fourth-order valence-electron chi connectivity index (χ4n) is 1.77. The summed E-state index contributed by atoms with van der Waals surface area (Å²) in [4.78, 5) is 13.2. The Morgan fingerprint density at radius 1 is 1.29 bits per heavy atom. The van der Waals surface area contributed by atoms with Crippen molar-refractivity contribution in [2.75, 3.05) is 47.3 Å². The molecule has 0 aromatic heterocycles. The second-order valence-electron chi connectivity index (χ2n) is 4.51. The summed E-state index contributed by atoms with van der Waals surface area (Å²) in [6.45, 7) is 1.62. The molecule has 7 nitrogen and oxygen atoms in total. The third-order valence-electron chi connectivity index (χ3n) is 2.88. The molecule has 1 rings (SSSR count). The van der Waals surface area contributed by atoms with Crippen molar-refractivity contribution in [2.24, 2.45) is 11.7 Å². The van der Waals surface area contributed by atoms with Crippen LogP contribution in [0.5, 0.6) is 0 Å². The molecule has 2 N–H and O–H groups in total. The van der Waals surface area contributed by atoms with Crippen molar-refractivity contribution in [2.45, 2.75) is 0 Å². The number of hydrogen-bond donors (Lipinski definition) is 1. The van der Waals surface area contributed by atoms with E-state index in [2.05, 4.69) is 0 Å². The summed E-state index contributed by atoms with van der Waals surface area (Å²) in [5.41, 5.74) is 5.28. The molecule has 0 aromatic rings. The van der Waals surface area contributed by atoms with E-state index in [4.69, 9.17) is 5.73 Å². The number of primary amides is 1. The van der Waals surface area contributed by atoms with Gasteiger partial charge in [-0.1, -0.05) is 0 Å². The maximum atomic E-state index is 12.0. The van der Waals surface area contributed by atoms with E-state index < -0.39 is 22.0 Å². The lowest BCUT2D eigenvalue weighted by molar-refractivity contribution is -0.122. The highest BCUT2D eigenvalue weighted by Gasteiger charge is 2.32. The lowest BCUT2D eigenvalue weighted by Crippen LogP contribution is -2.45. The SMILES string of the molecule is CN1CCN(S(=O)(=O)N(C)C)C[C@@H](C(N)=O)C1. The summed E-state index contributed by atoms with van der Waals surface area (Å²) in [5.74, 6) is -0.921. The Bertz CT molecular complexity index is 382. The molecule has 8 heteroatoms. The minimum absolute atomic E-state index is 0.153. The molecule has 1 aliphatic heterocycles. The van der Waals surface area contributed by atoms with E-state index in [1.165, 1.54) is 18.4 Å². The number of amides is 1. The lowest BCUT2D eigenvalue weighted by atomic mass is 10.1. The van der Waals surface area contributed by atoms with Crippen LogP contribution in [0.4, 0.5) is 0 Å². The van der Waals surface area contributed by atoms with Crippen LogP contribution in [0, 0.1) is 5.92 Å². The average Bonchev–Trinajstić information content (AvgIpc) is 2.40. The first kappa shape index (κ1) is 14.4. The normalized spacial score (nSPS) is 24.8. The van der Waals surface area contributed by atoms with Gasteiger partial charge in [0.05, 0.1) is 5.92 Å². The lowest BCUT2D eigenvalue weighted by Gasteiger charge is -2.25. The van der Waals surface area contributed by atoms with Gasteiger partial charge in [0.15, 0.2) is 0 Å². The monoisotopic (exact) mass is 264 g/mol. The van der Waals surface area contributed by atoms with E-state index in [0.29, 0.717) is 19.6 Å². The molecule has 0 spiro atoms. The standard InChI is InChI=1S/C9H20N4O3S/c1-11(2)17(15,16)13-5-4-12(3)6-8(7-13)9(10)14/h8H,4-7H2,1-3H3,(H2,10,14)/t8-/m0/s1. The van der Waals surface area contributed by atoms with Crippen LogP contribution in [-0.2, 0) is 15.0 Å². The summed E-state index contributed by atoms with van der Waals surface area (Å²) in [5, 5.41) is 0. The van der Waals surface area contributed by atoms with Crippen molar-refractivity contribution < 1.29 is 13.2 Å². The van der Waals surface area contributed by atoms with Crippen molar-refractivity contribution in [1.29, 1.82) is 0 Å². The van der Waals surface area contributed by atoms with Crippen molar-refractivity contribution >= 4 is 16.1 Å². The third kappa shape index (κ3) is 3.38. The fraction of sp³-hybridized carbons (Fsp3) is 0.889. The maximum Gasteiger partial charge on any atom is 0.281 e. The van der Waals surface area contributed by atoms with Crippen molar-refractivity contribution in [1.82, 2.24) is 13.5 Å².